The van der Waals surface area contributed by atoms with Crippen LogP contribution in [-0.2, 0) is 0 Å². The van der Waals surface area contributed by atoms with Crippen LogP contribution in [-0.4, -0.2) is 16.7 Å². The molecule has 0 aliphatic rings. The molecule has 0 amide bonds. The zero-order valence-corrected chi connectivity index (χ0v) is 11.4. The van der Waals surface area contributed by atoms with Gasteiger partial charge in [0.25, 0.3) is 0 Å². The van der Waals surface area contributed by atoms with Crippen LogP contribution in [0.3, 0.4) is 0 Å². The zero-order valence-electron chi connectivity index (χ0n) is 10.6. The number of ether oxygens (including phenoxy) is 1. The molecule has 0 saturated carbocycles. The van der Waals surface area contributed by atoms with Crippen LogP contribution in [0.25, 0.3) is 16.7 Å². The van der Waals surface area contributed by atoms with Gasteiger partial charge in [0.05, 0.1) is 23.2 Å². The van der Waals surface area contributed by atoms with Crippen molar-refractivity contribution in [2.24, 2.45) is 0 Å². The molecular weight excluding hydrogens is 281 g/mol. The maximum absolute atomic E-state index is 14.1. The van der Waals surface area contributed by atoms with Crippen LogP contribution in [0.5, 0.6) is 5.75 Å². The molecule has 4 nitrogen and oxygen atoms in total. The second-order valence-electron chi connectivity index (χ2n) is 4.23. The van der Waals surface area contributed by atoms with E-state index in [1.54, 1.807) is 37.4 Å². The standard InChI is InChI=1S/C14H11ClFN3O/c1-20-8-5-6-12-11(7-8)18-14(17)19(12)13-9(15)3-2-4-10(13)16/h2-7H,1H3,(H2,17,18). The lowest BCUT2D eigenvalue weighted by atomic mass is 10.2. The predicted molar refractivity (Wildman–Crippen MR) is 77.0 cm³/mol. The highest BCUT2D eigenvalue weighted by Crippen LogP contribution is 2.31. The summed E-state index contributed by atoms with van der Waals surface area (Å²) in [6.07, 6.45) is 0. The Morgan fingerprint density at radius 2 is 2.10 bits per heavy atom. The Labute approximate surface area is 119 Å². The fourth-order valence-corrected chi connectivity index (χ4v) is 2.39. The van der Waals surface area contributed by atoms with Crippen molar-refractivity contribution >= 4 is 28.6 Å². The van der Waals surface area contributed by atoms with Gasteiger partial charge < -0.3 is 10.5 Å². The Morgan fingerprint density at radius 3 is 2.80 bits per heavy atom. The number of para-hydroxylation sites is 1. The SMILES string of the molecule is COc1ccc2c(c1)nc(N)n2-c1c(F)cccc1Cl. The molecule has 2 N–H and O–H groups in total. The molecular formula is C14H11ClFN3O. The van der Waals surface area contributed by atoms with E-state index in [0.717, 1.165) is 0 Å². The Kier molecular flexibility index (Phi) is 2.99. The van der Waals surface area contributed by atoms with Crippen LogP contribution >= 0.6 is 11.6 Å². The molecule has 0 aliphatic carbocycles. The molecule has 0 atom stereocenters. The summed E-state index contributed by atoms with van der Waals surface area (Å²) in [7, 11) is 1.56. The molecule has 0 aliphatic heterocycles. The van der Waals surface area contributed by atoms with Crippen molar-refractivity contribution in [3.63, 3.8) is 0 Å². The normalized spacial score (nSPS) is 10.9. The van der Waals surface area contributed by atoms with Crippen LogP contribution in [0, 0.1) is 5.82 Å². The quantitative estimate of drug-likeness (QED) is 0.787. The van der Waals surface area contributed by atoms with Gasteiger partial charge in [-0.1, -0.05) is 17.7 Å². The minimum absolute atomic E-state index is 0.167. The number of hydrogen-bond donors (Lipinski definition) is 1. The Bertz CT molecular complexity index is 780. The molecule has 20 heavy (non-hydrogen) atoms. The lowest BCUT2D eigenvalue weighted by Gasteiger charge is -2.10. The van der Waals surface area contributed by atoms with E-state index in [2.05, 4.69) is 4.98 Å². The first-order chi connectivity index (χ1) is 9.61. The minimum Gasteiger partial charge on any atom is -0.497 e. The van der Waals surface area contributed by atoms with Crippen LogP contribution in [0.2, 0.25) is 5.02 Å². The fraction of sp³-hybridized carbons (Fsp3) is 0.0714. The third kappa shape index (κ3) is 1.87. The van der Waals surface area contributed by atoms with E-state index in [1.807, 2.05) is 0 Å². The molecule has 0 bridgehead atoms. The van der Waals surface area contributed by atoms with Gasteiger partial charge in [0, 0.05) is 6.07 Å². The second kappa shape index (κ2) is 4.68. The van der Waals surface area contributed by atoms with Crippen molar-refractivity contribution in [1.29, 1.82) is 0 Å². The van der Waals surface area contributed by atoms with E-state index >= 15 is 0 Å². The summed E-state index contributed by atoms with van der Waals surface area (Å²) in [5.41, 5.74) is 7.37. The second-order valence-corrected chi connectivity index (χ2v) is 4.64. The topological polar surface area (TPSA) is 53.1 Å². The highest BCUT2D eigenvalue weighted by atomic mass is 35.5. The predicted octanol–water partition coefficient (Wildman–Crippen LogP) is 3.41. The first-order valence-electron chi connectivity index (χ1n) is 5.88. The molecule has 3 rings (SSSR count). The van der Waals surface area contributed by atoms with Crippen molar-refractivity contribution in [2.45, 2.75) is 0 Å². The first kappa shape index (κ1) is 12.7. The smallest absolute Gasteiger partial charge is 0.206 e. The van der Waals surface area contributed by atoms with Gasteiger partial charge >= 0.3 is 0 Å². The Morgan fingerprint density at radius 1 is 1.30 bits per heavy atom. The van der Waals surface area contributed by atoms with Crippen molar-refractivity contribution in [3.05, 3.63) is 47.2 Å². The summed E-state index contributed by atoms with van der Waals surface area (Å²) in [5.74, 6) is 0.362. The first-order valence-corrected chi connectivity index (χ1v) is 6.26. The van der Waals surface area contributed by atoms with Crippen molar-refractivity contribution in [1.82, 2.24) is 9.55 Å². The minimum atomic E-state index is -0.459. The van der Waals surface area contributed by atoms with Gasteiger partial charge in [0.1, 0.15) is 17.3 Å². The van der Waals surface area contributed by atoms with Crippen molar-refractivity contribution in [3.8, 4) is 11.4 Å². The lowest BCUT2D eigenvalue weighted by molar-refractivity contribution is 0.415. The number of methoxy groups -OCH3 is 1. The molecule has 0 unspecified atom stereocenters. The Balaban J connectivity index is 2.34. The number of benzene rings is 2. The fourth-order valence-electron chi connectivity index (χ4n) is 2.14. The maximum Gasteiger partial charge on any atom is 0.206 e. The van der Waals surface area contributed by atoms with Crippen molar-refractivity contribution in [2.75, 3.05) is 12.8 Å². The summed E-state index contributed by atoms with van der Waals surface area (Å²) < 4.78 is 20.7. The molecule has 1 heterocycles. The number of rotatable bonds is 2. The molecule has 6 heteroatoms. The summed E-state index contributed by atoms with van der Waals surface area (Å²) in [5, 5.41) is 0.270. The molecule has 0 fully saturated rings. The average Bonchev–Trinajstić information content (AvgIpc) is 2.74. The number of imidazole rings is 1. The maximum atomic E-state index is 14.1. The number of fused-ring (bicyclic) bond motifs is 1. The molecule has 0 radical (unpaired) electrons. The molecule has 0 saturated heterocycles. The average molecular weight is 292 g/mol. The number of nitrogens with zero attached hydrogens (tertiary/aromatic N) is 2. The highest BCUT2D eigenvalue weighted by Gasteiger charge is 2.16. The van der Waals surface area contributed by atoms with E-state index in [4.69, 9.17) is 22.1 Å². The summed E-state index contributed by atoms with van der Waals surface area (Å²) in [4.78, 5) is 4.22. The highest BCUT2D eigenvalue weighted by molar-refractivity contribution is 6.32. The van der Waals surface area contributed by atoms with E-state index in [9.17, 15) is 4.39 Å². The van der Waals surface area contributed by atoms with Gasteiger partial charge in [-0.2, -0.15) is 0 Å². The van der Waals surface area contributed by atoms with E-state index in [1.165, 1.54) is 10.6 Å². The third-order valence-corrected chi connectivity index (χ3v) is 3.35. The van der Waals surface area contributed by atoms with Gasteiger partial charge in [-0.3, -0.25) is 4.57 Å². The van der Waals surface area contributed by atoms with Crippen LogP contribution in [0.1, 0.15) is 0 Å². The monoisotopic (exact) mass is 291 g/mol. The number of nitrogen functional groups attached to an aromatic ring is 1. The zero-order chi connectivity index (χ0) is 14.3. The Hall–Kier alpha value is -2.27. The number of anilines is 1. The van der Waals surface area contributed by atoms with Gasteiger partial charge in [0.15, 0.2) is 0 Å². The van der Waals surface area contributed by atoms with E-state index < -0.39 is 5.82 Å². The van der Waals surface area contributed by atoms with Gasteiger partial charge in [0.2, 0.25) is 5.95 Å². The largest absolute Gasteiger partial charge is 0.497 e. The van der Waals surface area contributed by atoms with Crippen LogP contribution in [0.15, 0.2) is 36.4 Å². The molecule has 0 spiro atoms. The van der Waals surface area contributed by atoms with Crippen LogP contribution in [0.4, 0.5) is 10.3 Å². The summed E-state index contributed by atoms with van der Waals surface area (Å²) in [6, 6.07) is 9.73. The molecule has 2 aromatic carbocycles. The van der Waals surface area contributed by atoms with E-state index in [-0.39, 0.29) is 16.7 Å². The molecule has 3 aromatic rings. The number of nitrogens with two attached hydrogens (primary N) is 1. The van der Waals surface area contributed by atoms with Gasteiger partial charge in [-0.05, 0) is 24.3 Å². The number of hydrogen-bond acceptors (Lipinski definition) is 3. The summed E-state index contributed by atoms with van der Waals surface area (Å²) in [6.45, 7) is 0. The van der Waals surface area contributed by atoms with Gasteiger partial charge in [-0.15, -0.1) is 0 Å². The van der Waals surface area contributed by atoms with Gasteiger partial charge in [-0.25, -0.2) is 9.37 Å². The van der Waals surface area contributed by atoms with Crippen LogP contribution < -0.4 is 10.5 Å². The van der Waals surface area contributed by atoms with Crippen molar-refractivity contribution < 1.29 is 9.13 Å². The third-order valence-electron chi connectivity index (χ3n) is 3.05. The lowest BCUT2D eigenvalue weighted by Crippen LogP contribution is -2.03. The molecule has 102 valence electrons. The number of aromatic nitrogens is 2. The van der Waals surface area contributed by atoms with E-state index in [0.29, 0.717) is 16.8 Å². The summed E-state index contributed by atoms with van der Waals surface area (Å²) >= 11 is 6.08. The number of halogens is 2. The molecule has 1 aromatic heterocycles.